The van der Waals surface area contributed by atoms with Crippen LogP contribution in [0.2, 0.25) is 0 Å². The molecule has 130 valence electrons. The monoisotopic (exact) mass is 339 g/mol. The van der Waals surface area contributed by atoms with Crippen molar-refractivity contribution in [2.24, 2.45) is 5.92 Å². The molecule has 3 rings (SSSR count). The molecule has 6 nitrogen and oxygen atoms in total. The predicted molar refractivity (Wildman–Crippen MR) is 94.1 cm³/mol. The van der Waals surface area contributed by atoms with E-state index in [2.05, 4.69) is 10.3 Å². The van der Waals surface area contributed by atoms with E-state index in [-0.39, 0.29) is 24.2 Å². The van der Waals surface area contributed by atoms with Gasteiger partial charge in [-0.3, -0.25) is 9.59 Å². The van der Waals surface area contributed by atoms with Gasteiger partial charge in [0, 0.05) is 25.6 Å². The number of likely N-dealkylation sites (tertiary alicyclic amines) is 1. The van der Waals surface area contributed by atoms with Crippen LogP contribution >= 0.6 is 0 Å². The third-order valence-corrected chi connectivity index (χ3v) is 4.29. The fourth-order valence-corrected chi connectivity index (χ4v) is 2.83. The lowest BCUT2D eigenvalue weighted by Crippen LogP contribution is -2.28. The molecule has 2 aromatic rings. The molecule has 0 radical (unpaired) electrons. The average Bonchev–Trinajstić information content (AvgIpc) is 2.98. The summed E-state index contributed by atoms with van der Waals surface area (Å²) in [5.74, 6) is -0.0151. The number of aryl methyl sites for hydroxylation is 1. The number of aromatic nitrogens is 1. The van der Waals surface area contributed by atoms with Gasteiger partial charge in [-0.15, -0.1) is 0 Å². The van der Waals surface area contributed by atoms with Gasteiger partial charge in [0.2, 0.25) is 17.7 Å². The van der Waals surface area contributed by atoms with E-state index in [1.807, 2.05) is 31.2 Å². The number of ether oxygens (including phenoxy) is 1. The quantitative estimate of drug-likeness (QED) is 0.908. The molecule has 0 saturated carbocycles. The van der Waals surface area contributed by atoms with Crippen molar-refractivity contribution < 1.29 is 14.3 Å². The second-order valence-electron chi connectivity index (χ2n) is 6.24. The van der Waals surface area contributed by atoms with Crippen LogP contribution in [-0.4, -0.2) is 35.4 Å². The van der Waals surface area contributed by atoms with Crippen LogP contribution in [0.1, 0.15) is 17.5 Å². The molecule has 1 aromatic heterocycles. The lowest BCUT2D eigenvalue weighted by molar-refractivity contribution is -0.128. The Labute approximate surface area is 146 Å². The molecule has 2 heterocycles. The number of methoxy groups -OCH3 is 1. The Balaban J connectivity index is 1.59. The zero-order valence-corrected chi connectivity index (χ0v) is 14.4. The number of anilines is 1. The van der Waals surface area contributed by atoms with Gasteiger partial charge in [-0.05, 0) is 18.6 Å². The number of rotatable bonds is 5. The van der Waals surface area contributed by atoms with Crippen LogP contribution in [0.5, 0.6) is 5.88 Å². The summed E-state index contributed by atoms with van der Waals surface area (Å²) in [6.07, 6.45) is 1.78. The zero-order valence-electron chi connectivity index (χ0n) is 14.4. The zero-order chi connectivity index (χ0) is 17.8. The average molecular weight is 339 g/mol. The maximum atomic E-state index is 12.4. The molecule has 1 aliphatic rings. The van der Waals surface area contributed by atoms with E-state index >= 15 is 0 Å². The maximum absolute atomic E-state index is 12.4. The minimum absolute atomic E-state index is 0.00795. The van der Waals surface area contributed by atoms with Gasteiger partial charge in [-0.1, -0.05) is 29.8 Å². The lowest BCUT2D eigenvalue weighted by atomic mass is 10.1. The Morgan fingerprint density at radius 2 is 2.04 bits per heavy atom. The van der Waals surface area contributed by atoms with Crippen LogP contribution in [0, 0.1) is 12.8 Å². The number of hydrogen-bond acceptors (Lipinski definition) is 4. The van der Waals surface area contributed by atoms with Gasteiger partial charge >= 0.3 is 0 Å². The summed E-state index contributed by atoms with van der Waals surface area (Å²) in [7, 11) is 1.54. The first-order valence-electron chi connectivity index (χ1n) is 8.19. The van der Waals surface area contributed by atoms with Crippen molar-refractivity contribution >= 4 is 17.5 Å². The highest BCUT2D eigenvalue weighted by Gasteiger charge is 2.34. The number of amides is 2. The second kappa shape index (κ2) is 7.34. The van der Waals surface area contributed by atoms with Crippen LogP contribution in [0.15, 0.2) is 42.6 Å². The van der Waals surface area contributed by atoms with E-state index in [4.69, 9.17) is 4.74 Å². The Morgan fingerprint density at radius 1 is 1.28 bits per heavy atom. The fraction of sp³-hybridized carbons (Fsp3) is 0.316. The molecule has 2 amide bonds. The van der Waals surface area contributed by atoms with Crippen molar-refractivity contribution in [2.45, 2.75) is 19.9 Å². The van der Waals surface area contributed by atoms with Crippen molar-refractivity contribution in [1.29, 1.82) is 0 Å². The van der Waals surface area contributed by atoms with Gasteiger partial charge in [0.25, 0.3) is 0 Å². The van der Waals surface area contributed by atoms with Crippen molar-refractivity contribution in [1.82, 2.24) is 9.88 Å². The molecule has 1 saturated heterocycles. The predicted octanol–water partition coefficient (Wildman–Crippen LogP) is 2.39. The first-order chi connectivity index (χ1) is 12.0. The highest BCUT2D eigenvalue weighted by atomic mass is 16.5. The number of nitrogens with zero attached hydrogens (tertiary/aromatic N) is 2. The molecule has 6 heteroatoms. The van der Waals surface area contributed by atoms with Gasteiger partial charge in [-0.2, -0.15) is 0 Å². The highest BCUT2D eigenvalue weighted by Crippen LogP contribution is 2.22. The standard InChI is InChI=1S/C19H21N3O3/c1-13-3-5-14(6-4-13)11-22-12-15(9-18(22)23)19(24)21-16-7-8-17(25-2)20-10-16/h3-8,10,15H,9,11-12H2,1-2H3,(H,21,24). The van der Waals surface area contributed by atoms with Crippen LogP contribution in [0.4, 0.5) is 5.69 Å². The number of carbonyl (C=O) groups excluding carboxylic acids is 2. The Morgan fingerprint density at radius 3 is 2.68 bits per heavy atom. The summed E-state index contributed by atoms with van der Waals surface area (Å²) in [4.78, 5) is 30.4. The molecule has 1 atom stereocenters. The lowest BCUT2D eigenvalue weighted by Gasteiger charge is -2.17. The van der Waals surface area contributed by atoms with Crippen LogP contribution in [0.25, 0.3) is 0 Å². The molecule has 0 aliphatic carbocycles. The molecule has 25 heavy (non-hydrogen) atoms. The minimum Gasteiger partial charge on any atom is -0.481 e. The van der Waals surface area contributed by atoms with Crippen molar-refractivity contribution in [2.75, 3.05) is 19.0 Å². The molecular weight excluding hydrogens is 318 g/mol. The molecular formula is C19H21N3O3. The third kappa shape index (κ3) is 4.15. The SMILES string of the molecule is COc1ccc(NC(=O)C2CC(=O)N(Cc3ccc(C)cc3)C2)cn1. The Kier molecular flexibility index (Phi) is 4.97. The first-order valence-corrected chi connectivity index (χ1v) is 8.19. The maximum Gasteiger partial charge on any atom is 0.229 e. The topological polar surface area (TPSA) is 71.5 Å². The molecule has 1 N–H and O–H groups in total. The number of nitrogens with one attached hydrogen (secondary N) is 1. The van der Waals surface area contributed by atoms with E-state index in [0.29, 0.717) is 24.7 Å². The van der Waals surface area contributed by atoms with Crippen molar-refractivity contribution in [3.63, 3.8) is 0 Å². The summed E-state index contributed by atoms with van der Waals surface area (Å²) in [5, 5.41) is 2.81. The van der Waals surface area contributed by atoms with Gasteiger partial charge < -0.3 is 15.0 Å². The van der Waals surface area contributed by atoms with Gasteiger partial charge in [0.15, 0.2) is 0 Å². The van der Waals surface area contributed by atoms with E-state index in [1.54, 1.807) is 17.0 Å². The Hall–Kier alpha value is -2.89. The molecule has 1 fully saturated rings. The van der Waals surface area contributed by atoms with Gasteiger partial charge in [0.1, 0.15) is 0 Å². The van der Waals surface area contributed by atoms with Gasteiger partial charge in [-0.25, -0.2) is 4.98 Å². The minimum atomic E-state index is -0.347. The van der Waals surface area contributed by atoms with Crippen LogP contribution in [-0.2, 0) is 16.1 Å². The van der Waals surface area contributed by atoms with E-state index in [9.17, 15) is 9.59 Å². The van der Waals surface area contributed by atoms with E-state index in [0.717, 1.165) is 5.56 Å². The summed E-state index contributed by atoms with van der Waals surface area (Å²) in [5.41, 5.74) is 2.84. The number of hydrogen-bond donors (Lipinski definition) is 1. The smallest absolute Gasteiger partial charge is 0.229 e. The summed E-state index contributed by atoms with van der Waals surface area (Å²) >= 11 is 0. The number of carbonyl (C=O) groups is 2. The molecule has 0 bridgehead atoms. The summed E-state index contributed by atoms with van der Waals surface area (Å²) < 4.78 is 4.99. The normalized spacial score (nSPS) is 16.8. The molecule has 0 spiro atoms. The van der Waals surface area contributed by atoms with Crippen molar-refractivity contribution in [3.05, 3.63) is 53.7 Å². The fourth-order valence-electron chi connectivity index (χ4n) is 2.83. The van der Waals surface area contributed by atoms with Crippen LogP contribution < -0.4 is 10.1 Å². The number of benzene rings is 1. The highest BCUT2D eigenvalue weighted by molar-refractivity contribution is 5.97. The second-order valence-corrected chi connectivity index (χ2v) is 6.24. The summed E-state index contributed by atoms with van der Waals surface area (Å²) in [6, 6.07) is 11.5. The number of pyridine rings is 1. The van der Waals surface area contributed by atoms with E-state index in [1.165, 1.54) is 18.9 Å². The molecule has 1 aliphatic heterocycles. The molecule has 1 unspecified atom stereocenters. The van der Waals surface area contributed by atoms with Crippen LogP contribution in [0.3, 0.4) is 0 Å². The summed E-state index contributed by atoms with van der Waals surface area (Å²) in [6.45, 7) is 2.99. The third-order valence-electron chi connectivity index (χ3n) is 4.29. The largest absolute Gasteiger partial charge is 0.481 e. The molecule has 1 aromatic carbocycles. The van der Waals surface area contributed by atoms with E-state index < -0.39 is 0 Å². The van der Waals surface area contributed by atoms with Crippen molar-refractivity contribution in [3.8, 4) is 5.88 Å². The first kappa shape index (κ1) is 17.0. The Bertz CT molecular complexity index is 756. The van der Waals surface area contributed by atoms with Gasteiger partial charge in [0.05, 0.1) is 24.9 Å².